The molecule has 1 unspecified atom stereocenters. The van der Waals surface area contributed by atoms with E-state index in [1.165, 1.54) is 12.8 Å². The van der Waals surface area contributed by atoms with Gasteiger partial charge in [0.05, 0.1) is 24.3 Å². The quantitative estimate of drug-likeness (QED) is 0.783. The van der Waals surface area contributed by atoms with Crippen LogP contribution in [0.15, 0.2) is 36.7 Å². The van der Waals surface area contributed by atoms with Crippen molar-refractivity contribution in [2.24, 2.45) is 0 Å². The molecular formula is C22H29N5O2. The fraction of sp³-hybridized carbons (Fsp3) is 0.500. The summed E-state index contributed by atoms with van der Waals surface area (Å²) in [6.45, 7) is 3.95. The van der Waals surface area contributed by atoms with Gasteiger partial charge in [-0.25, -0.2) is 4.68 Å². The van der Waals surface area contributed by atoms with Crippen LogP contribution in [-0.2, 0) is 16.1 Å². The van der Waals surface area contributed by atoms with Gasteiger partial charge in [-0.3, -0.25) is 14.5 Å². The molecule has 154 valence electrons. The molecule has 1 atom stereocenters. The molecule has 0 spiro atoms. The van der Waals surface area contributed by atoms with Gasteiger partial charge in [0, 0.05) is 37.4 Å². The van der Waals surface area contributed by atoms with Gasteiger partial charge in [-0.1, -0.05) is 31.0 Å². The lowest BCUT2D eigenvalue weighted by molar-refractivity contribution is -0.135. The Labute approximate surface area is 171 Å². The monoisotopic (exact) mass is 395 g/mol. The first-order chi connectivity index (χ1) is 14.1. The average Bonchev–Trinajstić information content (AvgIpc) is 3.40. The molecule has 2 amide bonds. The van der Waals surface area contributed by atoms with Crippen LogP contribution in [0.3, 0.4) is 0 Å². The van der Waals surface area contributed by atoms with Crippen molar-refractivity contribution < 1.29 is 9.59 Å². The van der Waals surface area contributed by atoms with Crippen LogP contribution in [0.4, 0.5) is 0 Å². The van der Waals surface area contributed by atoms with E-state index in [1.54, 1.807) is 6.20 Å². The highest BCUT2D eigenvalue weighted by Gasteiger charge is 2.36. The normalized spacial score (nSPS) is 20.6. The van der Waals surface area contributed by atoms with Gasteiger partial charge in [0.1, 0.15) is 0 Å². The molecule has 7 nitrogen and oxygen atoms in total. The zero-order valence-electron chi connectivity index (χ0n) is 16.9. The predicted molar refractivity (Wildman–Crippen MR) is 111 cm³/mol. The second kappa shape index (κ2) is 8.78. The molecule has 0 bridgehead atoms. The van der Waals surface area contributed by atoms with E-state index in [0.29, 0.717) is 19.1 Å². The number of hydrogen-bond donors (Lipinski definition) is 2. The van der Waals surface area contributed by atoms with Gasteiger partial charge in [0.2, 0.25) is 11.8 Å². The van der Waals surface area contributed by atoms with E-state index in [1.807, 2.05) is 42.1 Å². The van der Waals surface area contributed by atoms with Crippen LogP contribution >= 0.6 is 0 Å². The standard InChI is InChI=1S/C22H29N5O2/c1-16-6-2-5-9-19(16)27-15-17(14-25-27)13-24-21(28)12-20-22(29)23-10-11-26(20)18-7-3-4-8-18/h2,5-6,9,14-15,18,20H,3-4,7-8,10-13H2,1H3,(H,23,29)(H,24,28). The molecule has 1 aliphatic carbocycles. The van der Waals surface area contributed by atoms with Crippen LogP contribution in [0.5, 0.6) is 0 Å². The fourth-order valence-corrected chi connectivity index (χ4v) is 4.47. The molecule has 1 saturated heterocycles. The lowest BCUT2D eigenvalue weighted by Gasteiger charge is -2.38. The van der Waals surface area contributed by atoms with Crippen molar-refractivity contribution in [2.45, 2.75) is 57.7 Å². The molecule has 2 aliphatic rings. The van der Waals surface area contributed by atoms with E-state index in [2.05, 4.69) is 20.6 Å². The Kier molecular flexibility index (Phi) is 5.94. The first kappa shape index (κ1) is 19.6. The number of nitrogens with one attached hydrogen (secondary N) is 2. The molecule has 2 aromatic rings. The first-order valence-corrected chi connectivity index (χ1v) is 10.5. The van der Waals surface area contributed by atoms with Gasteiger partial charge < -0.3 is 10.6 Å². The molecule has 1 saturated carbocycles. The Morgan fingerprint density at radius 3 is 2.86 bits per heavy atom. The Balaban J connectivity index is 1.35. The number of benzene rings is 1. The van der Waals surface area contributed by atoms with Gasteiger partial charge in [-0.05, 0) is 31.4 Å². The van der Waals surface area contributed by atoms with Gasteiger partial charge >= 0.3 is 0 Å². The highest BCUT2D eigenvalue weighted by molar-refractivity contribution is 5.88. The van der Waals surface area contributed by atoms with Crippen molar-refractivity contribution in [3.05, 3.63) is 47.8 Å². The van der Waals surface area contributed by atoms with Crippen LogP contribution in [0.2, 0.25) is 0 Å². The fourth-order valence-electron chi connectivity index (χ4n) is 4.47. The van der Waals surface area contributed by atoms with E-state index < -0.39 is 0 Å². The maximum atomic E-state index is 12.6. The average molecular weight is 396 g/mol. The zero-order chi connectivity index (χ0) is 20.2. The number of carbonyl (C=O) groups is 2. The number of carbonyl (C=O) groups excluding carboxylic acids is 2. The summed E-state index contributed by atoms with van der Waals surface area (Å²) in [6.07, 6.45) is 8.59. The zero-order valence-corrected chi connectivity index (χ0v) is 16.9. The van der Waals surface area contributed by atoms with Crippen molar-refractivity contribution >= 4 is 11.8 Å². The number of aryl methyl sites for hydroxylation is 1. The van der Waals surface area contributed by atoms with Gasteiger partial charge in [0.25, 0.3) is 0 Å². The lowest BCUT2D eigenvalue weighted by Crippen LogP contribution is -2.59. The number of aromatic nitrogens is 2. The van der Waals surface area contributed by atoms with Crippen LogP contribution in [0.1, 0.15) is 43.2 Å². The van der Waals surface area contributed by atoms with Gasteiger partial charge in [-0.15, -0.1) is 0 Å². The number of hydrogen-bond acceptors (Lipinski definition) is 4. The van der Waals surface area contributed by atoms with Gasteiger partial charge in [-0.2, -0.15) is 5.10 Å². The number of nitrogens with zero attached hydrogens (tertiary/aromatic N) is 3. The topological polar surface area (TPSA) is 79.3 Å². The maximum Gasteiger partial charge on any atom is 0.237 e. The summed E-state index contributed by atoms with van der Waals surface area (Å²) in [5, 5.41) is 10.3. The number of para-hydroxylation sites is 1. The molecule has 1 aromatic heterocycles. The van der Waals surface area contributed by atoms with Crippen LogP contribution in [0, 0.1) is 6.92 Å². The van der Waals surface area contributed by atoms with Crippen molar-refractivity contribution in [3.63, 3.8) is 0 Å². The molecule has 2 fully saturated rings. The summed E-state index contributed by atoms with van der Waals surface area (Å²) in [7, 11) is 0. The highest BCUT2D eigenvalue weighted by atomic mass is 16.2. The molecule has 1 aliphatic heterocycles. The second-order valence-electron chi connectivity index (χ2n) is 8.04. The molecule has 2 heterocycles. The van der Waals surface area contributed by atoms with E-state index in [4.69, 9.17) is 0 Å². The van der Waals surface area contributed by atoms with Crippen LogP contribution in [-0.4, -0.2) is 51.7 Å². The summed E-state index contributed by atoms with van der Waals surface area (Å²) in [5.74, 6) is -0.121. The smallest absolute Gasteiger partial charge is 0.237 e. The minimum Gasteiger partial charge on any atom is -0.353 e. The first-order valence-electron chi connectivity index (χ1n) is 10.5. The molecule has 29 heavy (non-hydrogen) atoms. The second-order valence-corrected chi connectivity index (χ2v) is 8.04. The number of piperazine rings is 1. The molecular weight excluding hydrogens is 366 g/mol. The third-order valence-electron chi connectivity index (χ3n) is 6.03. The van der Waals surface area contributed by atoms with Crippen molar-refractivity contribution in [3.8, 4) is 5.69 Å². The summed E-state index contributed by atoms with van der Waals surface area (Å²) in [5.41, 5.74) is 3.10. The summed E-state index contributed by atoms with van der Waals surface area (Å²) < 4.78 is 1.83. The predicted octanol–water partition coefficient (Wildman–Crippen LogP) is 1.93. The van der Waals surface area contributed by atoms with Gasteiger partial charge in [0.15, 0.2) is 0 Å². The molecule has 7 heteroatoms. The van der Waals surface area contributed by atoms with E-state index in [9.17, 15) is 9.59 Å². The SMILES string of the molecule is Cc1ccccc1-n1cc(CNC(=O)CC2C(=O)NCCN2C2CCCC2)cn1. The maximum absolute atomic E-state index is 12.6. The van der Waals surface area contributed by atoms with E-state index in [0.717, 1.165) is 36.2 Å². The third-order valence-corrected chi connectivity index (χ3v) is 6.03. The number of amides is 2. The summed E-state index contributed by atoms with van der Waals surface area (Å²) >= 11 is 0. The molecule has 0 radical (unpaired) electrons. The Bertz CT molecular complexity index is 872. The summed E-state index contributed by atoms with van der Waals surface area (Å²) in [6, 6.07) is 8.12. The van der Waals surface area contributed by atoms with Crippen LogP contribution < -0.4 is 10.6 Å². The number of rotatable bonds is 6. The minimum absolute atomic E-state index is 0.0225. The third kappa shape index (κ3) is 4.50. The molecule has 4 rings (SSSR count). The van der Waals surface area contributed by atoms with Crippen molar-refractivity contribution in [2.75, 3.05) is 13.1 Å². The van der Waals surface area contributed by atoms with Crippen molar-refractivity contribution in [1.82, 2.24) is 25.3 Å². The van der Waals surface area contributed by atoms with Crippen molar-refractivity contribution in [1.29, 1.82) is 0 Å². The van der Waals surface area contributed by atoms with E-state index in [-0.39, 0.29) is 24.3 Å². The lowest BCUT2D eigenvalue weighted by atomic mass is 10.0. The Morgan fingerprint density at radius 2 is 2.07 bits per heavy atom. The summed E-state index contributed by atoms with van der Waals surface area (Å²) in [4.78, 5) is 27.2. The Morgan fingerprint density at radius 1 is 1.28 bits per heavy atom. The molecule has 1 aromatic carbocycles. The molecule has 2 N–H and O–H groups in total. The minimum atomic E-state index is -0.360. The van der Waals surface area contributed by atoms with E-state index >= 15 is 0 Å². The highest BCUT2D eigenvalue weighted by Crippen LogP contribution is 2.27. The van der Waals surface area contributed by atoms with Crippen LogP contribution in [0.25, 0.3) is 5.69 Å². The largest absolute Gasteiger partial charge is 0.353 e. The Hall–Kier alpha value is -2.67.